The number of thiol groups is 1. The molecule has 0 aliphatic carbocycles. The van der Waals surface area contributed by atoms with Crippen LogP contribution >= 0.6 is 19.8 Å². The molecule has 1 aromatic carbocycles. The summed E-state index contributed by atoms with van der Waals surface area (Å²) in [6, 6.07) is 7.57. The molecule has 3 saturated heterocycles. The maximum absolute atomic E-state index is 5.57. The molecule has 1 aromatic rings. The lowest BCUT2D eigenvalue weighted by atomic mass is 10.3. The molecule has 0 radical (unpaired) electrons. The second kappa shape index (κ2) is 1.58. The highest BCUT2D eigenvalue weighted by Gasteiger charge is 2.88. The van der Waals surface area contributed by atoms with E-state index in [4.69, 9.17) is 12.3 Å². The van der Waals surface area contributed by atoms with Gasteiger partial charge >= 0.3 is 7.32 Å². The number of fused-ring (bicyclic) bond motifs is 1. The van der Waals surface area contributed by atoms with Gasteiger partial charge in [-0.05, 0) is 12.1 Å². The Morgan fingerprint density at radius 3 is 2.57 bits per heavy atom. The Morgan fingerprint density at radius 2 is 1.93 bits per heavy atom. The number of rotatable bonds is 0. The fraction of sp³-hybridized carbons (Fsp3) is 0. The molecule has 4 nitrogen and oxygen atoms in total. The molecule has 7 heteroatoms. The van der Waals surface area contributed by atoms with Gasteiger partial charge in [0.1, 0.15) is 5.55 Å². The van der Waals surface area contributed by atoms with E-state index in [0.717, 1.165) is 10.6 Å². The normalized spacial score (nSPS) is 35.6. The molecule has 3 fully saturated rings. The molecule has 2 bridgehead atoms. The summed E-state index contributed by atoms with van der Waals surface area (Å²) in [7, 11) is -4.22. The predicted molar refractivity (Wildman–Crippen MR) is 58.4 cm³/mol. The molecule has 0 atom stereocenters. The first-order valence-corrected chi connectivity index (χ1v) is 7.48. The van der Waals surface area contributed by atoms with Crippen molar-refractivity contribution in [3.05, 3.63) is 24.3 Å². The van der Waals surface area contributed by atoms with Crippen LogP contribution in [0.3, 0.4) is 0 Å². The number of hydrogen-bond acceptors (Lipinski definition) is 5. The zero-order valence-electron chi connectivity index (χ0n) is 6.99. The van der Waals surface area contributed by atoms with Crippen LogP contribution in [0, 0.1) is 0 Å². The van der Waals surface area contributed by atoms with Crippen molar-refractivity contribution in [1.29, 1.82) is 0 Å². The van der Waals surface area contributed by atoms with Crippen LogP contribution in [0.15, 0.2) is 34.2 Å². The molecule has 4 aliphatic rings. The van der Waals surface area contributed by atoms with E-state index in [1.54, 1.807) is 5.55 Å². The highest BCUT2D eigenvalue weighted by atomic mass is 33.2. The minimum absolute atomic E-state index is 0.549. The maximum atomic E-state index is 5.57. The molecule has 5 rings (SSSR count). The first kappa shape index (κ1) is 7.78. The van der Waals surface area contributed by atoms with E-state index in [1.165, 1.54) is 0 Å². The van der Waals surface area contributed by atoms with Gasteiger partial charge < -0.3 is 0 Å². The van der Waals surface area contributed by atoms with Crippen molar-refractivity contribution in [3.8, 4) is 0 Å². The molecule has 14 heavy (non-hydrogen) atoms. The van der Waals surface area contributed by atoms with Gasteiger partial charge in [-0.25, -0.2) is 4.99 Å². The van der Waals surface area contributed by atoms with Crippen LogP contribution in [0.25, 0.3) is 0 Å². The largest absolute Gasteiger partial charge is 0.679 e. The Kier molecular flexibility index (Phi) is 0.875. The Hall–Kier alpha value is -0.465. The van der Waals surface area contributed by atoms with Gasteiger partial charge in [-0.3, -0.25) is 12.3 Å². The zero-order chi connectivity index (χ0) is 9.50. The van der Waals surface area contributed by atoms with E-state index < -0.39 is 15.5 Å². The first-order valence-electron chi connectivity index (χ1n) is 4.14. The topological polar surface area (TPSA) is 40.0 Å². The van der Waals surface area contributed by atoms with Gasteiger partial charge in [-0.15, -0.1) is 0 Å². The molecule has 4 aliphatic heterocycles. The SMILES string of the molecule is SS123(C=Nc4ccccc41)OB(O2)O3. The molecule has 72 valence electrons. The third-order valence-electron chi connectivity index (χ3n) is 2.69. The molecular formula is C7H6BNO3S2. The van der Waals surface area contributed by atoms with Crippen LogP contribution in [0.1, 0.15) is 0 Å². The Labute approximate surface area is 85.1 Å². The first-order chi connectivity index (χ1) is 6.58. The molecule has 0 amide bonds. The second-order valence-corrected chi connectivity index (χ2v) is 9.87. The highest BCUT2D eigenvalue weighted by Crippen LogP contribution is 3.12. The number of hydrogen-bond donors (Lipinski definition) is 1. The van der Waals surface area contributed by atoms with E-state index in [2.05, 4.69) is 16.7 Å². The third-order valence-corrected chi connectivity index (χ3v) is 8.06. The van der Waals surface area contributed by atoms with Crippen LogP contribution in [-0.4, -0.2) is 12.9 Å². The zero-order valence-corrected chi connectivity index (χ0v) is 8.70. The second-order valence-electron chi connectivity index (χ2n) is 3.56. The smallest absolute Gasteiger partial charge is 0.300 e. The fourth-order valence-corrected chi connectivity index (χ4v) is 6.26. The minimum atomic E-state index is -3.67. The predicted octanol–water partition coefficient (Wildman–Crippen LogP) is 2.25. The Bertz CT molecular complexity index is 511. The van der Waals surface area contributed by atoms with Crippen molar-refractivity contribution >= 4 is 38.4 Å². The van der Waals surface area contributed by atoms with Crippen molar-refractivity contribution in [1.82, 2.24) is 0 Å². The van der Waals surface area contributed by atoms with E-state index in [-0.39, 0.29) is 0 Å². The lowest BCUT2D eigenvalue weighted by molar-refractivity contribution is 0.107. The molecule has 0 N–H and O–H groups in total. The summed E-state index contributed by atoms with van der Waals surface area (Å²) < 4.78 is 16.7. The lowest BCUT2D eigenvalue weighted by Crippen LogP contribution is -2.71. The third kappa shape index (κ3) is 0.522. The standard InChI is InChI=1S/C7H6BNO3S2/c13-14(10-8(11-14)12-14)5-9-6-3-1-2-4-7(6)14/h1-5,13H. The van der Waals surface area contributed by atoms with Gasteiger partial charge in [0.15, 0.2) is 0 Å². The van der Waals surface area contributed by atoms with Gasteiger partial charge in [0.05, 0.1) is 10.6 Å². The highest BCUT2D eigenvalue weighted by molar-refractivity contribution is 9.09. The number of aliphatic imine (C=N–C) groups is 1. The minimum Gasteiger partial charge on any atom is -0.300 e. The Morgan fingerprint density at radius 1 is 1.21 bits per heavy atom. The quantitative estimate of drug-likeness (QED) is 0.419. The van der Waals surface area contributed by atoms with Crippen molar-refractivity contribution in [2.24, 2.45) is 4.99 Å². The number of benzene rings is 1. The van der Waals surface area contributed by atoms with Gasteiger partial charge in [0, 0.05) is 8.17 Å². The van der Waals surface area contributed by atoms with Gasteiger partial charge in [0.2, 0.25) is 0 Å². The average molecular weight is 227 g/mol. The molecule has 0 aromatic heterocycles. The molecule has 0 saturated carbocycles. The van der Waals surface area contributed by atoms with E-state index in [0.29, 0.717) is 0 Å². The summed E-state index contributed by atoms with van der Waals surface area (Å²) >= 11 is 4.53. The van der Waals surface area contributed by atoms with Crippen molar-refractivity contribution < 1.29 is 12.3 Å². The summed E-state index contributed by atoms with van der Waals surface area (Å²) in [6.07, 6.45) is 0. The average Bonchev–Trinajstić information content (AvgIpc) is 2.41. The van der Waals surface area contributed by atoms with E-state index in [1.807, 2.05) is 24.3 Å². The van der Waals surface area contributed by atoms with Crippen LogP contribution < -0.4 is 0 Å². The number of para-hydroxylation sites is 1. The van der Waals surface area contributed by atoms with Crippen LogP contribution in [-0.2, 0) is 12.3 Å². The summed E-state index contributed by atoms with van der Waals surface area (Å²) in [5.74, 6) is 0. The maximum Gasteiger partial charge on any atom is 0.679 e. The summed E-state index contributed by atoms with van der Waals surface area (Å²) in [5, 5.41) is 0. The number of nitrogens with zero attached hydrogens (tertiary/aromatic N) is 1. The van der Waals surface area contributed by atoms with Crippen molar-refractivity contribution in [3.63, 3.8) is 0 Å². The van der Waals surface area contributed by atoms with E-state index in [9.17, 15) is 0 Å². The molecule has 1 spiro atoms. The van der Waals surface area contributed by atoms with Crippen LogP contribution in [0.5, 0.6) is 0 Å². The van der Waals surface area contributed by atoms with Crippen LogP contribution in [0.4, 0.5) is 5.69 Å². The monoisotopic (exact) mass is 227 g/mol. The summed E-state index contributed by atoms with van der Waals surface area (Å²) in [6.45, 7) is 0. The van der Waals surface area contributed by atoms with Crippen molar-refractivity contribution in [2.45, 2.75) is 4.90 Å². The fourth-order valence-electron chi connectivity index (χ4n) is 1.98. The van der Waals surface area contributed by atoms with Gasteiger partial charge in [-0.2, -0.15) is 0 Å². The Balaban J connectivity index is 2.13. The lowest BCUT2D eigenvalue weighted by Gasteiger charge is -2.86. The van der Waals surface area contributed by atoms with Gasteiger partial charge in [-0.1, -0.05) is 23.8 Å². The molecular weight excluding hydrogens is 221 g/mol. The van der Waals surface area contributed by atoms with Gasteiger partial charge in [0.25, 0.3) is 0 Å². The summed E-state index contributed by atoms with van der Waals surface area (Å²) in [5.41, 5.74) is 2.38. The van der Waals surface area contributed by atoms with Crippen LogP contribution in [0.2, 0.25) is 0 Å². The summed E-state index contributed by atoms with van der Waals surface area (Å²) in [4.78, 5) is 5.04. The molecule has 4 heterocycles. The van der Waals surface area contributed by atoms with E-state index >= 15 is 0 Å². The van der Waals surface area contributed by atoms with Crippen molar-refractivity contribution in [2.75, 3.05) is 0 Å². The molecule has 0 unspecified atom stereocenters.